The number of nitrogens with zero attached hydrogens (tertiary/aromatic N) is 1. The monoisotopic (exact) mass is 310 g/mol. The van der Waals surface area contributed by atoms with E-state index in [0.717, 1.165) is 4.90 Å². The summed E-state index contributed by atoms with van der Waals surface area (Å²) in [5, 5.41) is 2.23. The molecule has 6 nitrogen and oxygen atoms in total. The zero-order valence-corrected chi connectivity index (χ0v) is 12.4. The van der Waals surface area contributed by atoms with Crippen molar-refractivity contribution >= 4 is 23.5 Å². The molecule has 0 atom stereocenters. The highest BCUT2D eigenvalue weighted by atomic mass is 16.5. The summed E-state index contributed by atoms with van der Waals surface area (Å²) >= 11 is 0. The van der Waals surface area contributed by atoms with Gasteiger partial charge in [0.2, 0.25) is 5.91 Å². The van der Waals surface area contributed by atoms with E-state index in [9.17, 15) is 14.4 Å². The van der Waals surface area contributed by atoms with Crippen LogP contribution in [0.4, 0.5) is 10.5 Å². The molecule has 0 radical (unpaired) electrons. The number of anilines is 1. The second kappa shape index (κ2) is 5.92. The lowest BCUT2D eigenvalue weighted by molar-refractivity contribution is -0.116. The molecular weight excluding hydrogens is 296 g/mol. The van der Waals surface area contributed by atoms with Crippen LogP contribution in [0.2, 0.25) is 0 Å². The molecule has 0 bridgehead atoms. The number of carbonyl (C=O) groups is 3. The molecule has 1 aliphatic rings. The van der Waals surface area contributed by atoms with Gasteiger partial charge < -0.3 is 4.74 Å². The molecule has 1 N–H and O–H groups in total. The number of hydrogen-bond donors (Lipinski definition) is 1. The van der Waals surface area contributed by atoms with Crippen molar-refractivity contribution in [2.45, 2.75) is 6.42 Å². The molecule has 2 aromatic carbocycles. The van der Waals surface area contributed by atoms with Gasteiger partial charge in [-0.3, -0.25) is 14.9 Å². The summed E-state index contributed by atoms with van der Waals surface area (Å²) in [6.07, 6.45) is 0.0967. The summed E-state index contributed by atoms with van der Waals surface area (Å²) in [4.78, 5) is 37.4. The van der Waals surface area contributed by atoms with Crippen LogP contribution in [0.3, 0.4) is 0 Å². The van der Waals surface area contributed by atoms with Crippen LogP contribution in [0.15, 0.2) is 48.5 Å². The van der Waals surface area contributed by atoms with Gasteiger partial charge in [0.15, 0.2) is 0 Å². The average Bonchev–Trinajstić information content (AvgIpc) is 2.90. The van der Waals surface area contributed by atoms with Gasteiger partial charge in [-0.1, -0.05) is 18.2 Å². The summed E-state index contributed by atoms with van der Waals surface area (Å²) in [7, 11) is 1.53. The van der Waals surface area contributed by atoms with Crippen molar-refractivity contribution in [2.75, 3.05) is 12.0 Å². The van der Waals surface area contributed by atoms with Crippen molar-refractivity contribution in [1.82, 2.24) is 5.32 Å². The SMILES string of the molecule is COc1ccc2c(c1)CC(=O)N2C(=O)NC(=O)c1ccccc1. The van der Waals surface area contributed by atoms with Gasteiger partial charge in [0, 0.05) is 5.56 Å². The third kappa shape index (κ3) is 2.78. The molecule has 0 aliphatic carbocycles. The van der Waals surface area contributed by atoms with Crippen molar-refractivity contribution in [1.29, 1.82) is 0 Å². The number of benzene rings is 2. The standard InChI is InChI=1S/C17H14N2O4/c1-23-13-7-8-14-12(9-13)10-15(20)19(14)17(22)18-16(21)11-5-3-2-4-6-11/h2-9H,10H2,1H3,(H,18,21,22). The van der Waals surface area contributed by atoms with Gasteiger partial charge in [-0.15, -0.1) is 0 Å². The molecule has 0 saturated carbocycles. The molecule has 0 unspecified atom stereocenters. The highest BCUT2D eigenvalue weighted by Gasteiger charge is 2.33. The normalized spacial score (nSPS) is 12.7. The minimum absolute atomic E-state index is 0.0967. The topological polar surface area (TPSA) is 75.7 Å². The molecular formula is C17H14N2O4. The van der Waals surface area contributed by atoms with Crippen molar-refractivity contribution < 1.29 is 19.1 Å². The number of methoxy groups -OCH3 is 1. The zero-order chi connectivity index (χ0) is 16.4. The molecule has 1 aliphatic heterocycles. The van der Waals surface area contributed by atoms with Crippen molar-refractivity contribution in [2.24, 2.45) is 0 Å². The lowest BCUT2D eigenvalue weighted by Crippen LogP contribution is -2.44. The molecule has 0 fully saturated rings. The van der Waals surface area contributed by atoms with Gasteiger partial charge >= 0.3 is 6.03 Å². The Labute approximate surface area is 132 Å². The van der Waals surface area contributed by atoms with E-state index in [4.69, 9.17) is 4.74 Å². The molecule has 6 heteroatoms. The van der Waals surface area contributed by atoms with E-state index in [2.05, 4.69) is 5.32 Å². The molecule has 4 amide bonds. The van der Waals surface area contributed by atoms with Gasteiger partial charge in [0.25, 0.3) is 5.91 Å². The number of amides is 4. The Morgan fingerprint density at radius 2 is 1.87 bits per heavy atom. The number of rotatable bonds is 2. The van der Waals surface area contributed by atoms with Crippen molar-refractivity contribution in [3.8, 4) is 5.75 Å². The van der Waals surface area contributed by atoms with Crippen molar-refractivity contribution in [3.05, 3.63) is 59.7 Å². The number of carbonyl (C=O) groups excluding carboxylic acids is 3. The minimum Gasteiger partial charge on any atom is -0.497 e. The summed E-state index contributed by atoms with van der Waals surface area (Å²) < 4.78 is 5.11. The van der Waals surface area contributed by atoms with Gasteiger partial charge in [-0.2, -0.15) is 0 Å². The van der Waals surface area contributed by atoms with Crippen LogP contribution in [0.1, 0.15) is 15.9 Å². The third-order valence-electron chi connectivity index (χ3n) is 3.58. The maximum atomic E-state index is 12.3. The van der Waals surface area contributed by atoms with E-state index in [1.807, 2.05) is 0 Å². The highest BCUT2D eigenvalue weighted by Crippen LogP contribution is 2.32. The molecule has 116 valence electrons. The number of ether oxygens (including phenoxy) is 1. The molecule has 23 heavy (non-hydrogen) atoms. The van der Waals surface area contributed by atoms with Crippen LogP contribution in [0.25, 0.3) is 0 Å². The van der Waals surface area contributed by atoms with E-state index in [0.29, 0.717) is 22.6 Å². The molecule has 0 spiro atoms. The maximum Gasteiger partial charge on any atom is 0.335 e. The molecule has 2 aromatic rings. The third-order valence-corrected chi connectivity index (χ3v) is 3.58. The smallest absolute Gasteiger partial charge is 0.335 e. The number of imide groups is 2. The Bertz CT molecular complexity index is 786. The Hall–Kier alpha value is -3.15. The van der Waals surface area contributed by atoms with Gasteiger partial charge in [0.1, 0.15) is 5.75 Å². The Morgan fingerprint density at radius 3 is 2.57 bits per heavy atom. The lowest BCUT2D eigenvalue weighted by atomic mass is 10.1. The van der Waals surface area contributed by atoms with E-state index >= 15 is 0 Å². The average molecular weight is 310 g/mol. The van der Waals surface area contributed by atoms with Crippen LogP contribution < -0.4 is 15.0 Å². The van der Waals surface area contributed by atoms with Crippen LogP contribution >= 0.6 is 0 Å². The summed E-state index contributed by atoms with van der Waals surface area (Å²) in [6.45, 7) is 0. The van der Waals surface area contributed by atoms with Gasteiger partial charge in [-0.25, -0.2) is 9.69 Å². The Balaban J connectivity index is 1.81. The molecule has 1 heterocycles. The molecule has 0 aromatic heterocycles. The fourth-order valence-electron chi connectivity index (χ4n) is 2.46. The summed E-state index contributed by atoms with van der Waals surface area (Å²) in [5.74, 6) is -0.323. The number of hydrogen-bond acceptors (Lipinski definition) is 4. The fraction of sp³-hybridized carbons (Fsp3) is 0.118. The number of fused-ring (bicyclic) bond motifs is 1. The quantitative estimate of drug-likeness (QED) is 0.922. The largest absolute Gasteiger partial charge is 0.497 e. The van der Waals surface area contributed by atoms with Gasteiger partial charge in [0.05, 0.1) is 19.2 Å². The van der Waals surface area contributed by atoms with E-state index < -0.39 is 11.9 Å². The van der Waals surface area contributed by atoms with Crippen LogP contribution in [0, 0.1) is 0 Å². The zero-order valence-electron chi connectivity index (χ0n) is 12.4. The van der Waals surface area contributed by atoms with Crippen LogP contribution in [0.5, 0.6) is 5.75 Å². The van der Waals surface area contributed by atoms with E-state index in [1.54, 1.807) is 48.5 Å². The van der Waals surface area contributed by atoms with E-state index in [1.165, 1.54) is 7.11 Å². The maximum absolute atomic E-state index is 12.3. The Morgan fingerprint density at radius 1 is 1.13 bits per heavy atom. The van der Waals surface area contributed by atoms with Gasteiger partial charge in [-0.05, 0) is 35.9 Å². The predicted molar refractivity (Wildman–Crippen MR) is 83.5 cm³/mol. The first kappa shape index (κ1) is 14.8. The first-order chi connectivity index (χ1) is 11.1. The first-order valence-electron chi connectivity index (χ1n) is 7.00. The van der Waals surface area contributed by atoms with Crippen molar-refractivity contribution in [3.63, 3.8) is 0 Å². The molecule has 0 saturated heterocycles. The minimum atomic E-state index is -0.757. The number of nitrogens with one attached hydrogen (secondary N) is 1. The second-order valence-electron chi connectivity index (χ2n) is 5.03. The molecule has 3 rings (SSSR count). The van der Waals surface area contributed by atoms with E-state index in [-0.39, 0.29) is 12.3 Å². The fourth-order valence-corrected chi connectivity index (χ4v) is 2.46. The predicted octanol–water partition coefficient (Wildman–Crippen LogP) is 2.13. The first-order valence-corrected chi connectivity index (χ1v) is 7.00. The number of urea groups is 1. The highest BCUT2D eigenvalue weighted by molar-refractivity contribution is 6.22. The van der Waals surface area contributed by atoms with Crippen LogP contribution in [-0.2, 0) is 11.2 Å². The second-order valence-corrected chi connectivity index (χ2v) is 5.03. The van der Waals surface area contributed by atoms with Crippen LogP contribution in [-0.4, -0.2) is 25.0 Å². The summed E-state index contributed by atoms with van der Waals surface area (Å²) in [5.41, 5.74) is 1.51. The lowest BCUT2D eigenvalue weighted by Gasteiger charge is -2.16. The Kier molecular flexibility index (Phi) is 3.80. The summed E-state index contributed by atoms with van der Waals surface area (Å²) in [6, 6.07) is 12.6.